The molecule has 0 fully saturated rings. The van der Waals surface area contributed by atoms with Crippen LogP contribution in [0.3, 0.4) is 0 Å². The van der Waals surface area contributed by atoms with Gasteiger partial charge < -0.3 is 15.4 Å². The first-order chi connectivity index (χ1) is 13.8. The van der Waals surface area contributed by atoms with Gasteiger partial charge in [0.25, 0.3) is 0 Å². The number of aryl methyl sites for hydroxylation is 1. The monoisotopic (exact) mass is 453 g/mol. The number of thiophene rings is 1. The van der Waals surface area contributed by atoms with Crippen LogP contribution in [0.1, 0.15) is 46.1 Å². The van der Waals surface area contributed by atoms with Crippen molar-refractivity contribution in [1.82, 2.24) is 5.32 Å². The Morgan fingerprint density at radius 2 is 1.93 bits per heavy atom. The number of primary sulfonamides is 1. The third kappa shape index (κ3) is 5.33. The number of carbonyl (C=O) groups excluding carboxylic acids is 1. The summed E-state index contributed by atoms with van der Waals surface area (Å²) < 4.78 is 27.9. The third-order valence-electron chi connectivity index (χ3n) is 4.58. The van der Waals surface area contributed by atoms with Crippen molar-refractivity contribution in [2.75, 3.05) is 11.9 Å². The Morgan fingerprint density at radius 1 is 1.24 bits per heavy atom. The summed E-state index contributed by atoms with van der Waals surface area (Å²) in [5, 5.41) is 12.4. The highest BCUT2D eigenvalue weighted by Gasteiger charge is 2.26. The normalized spacial score (nSPS) is 13.4. The quantitative estimate of drug-likeness (QED) is 0.455. The fourth-order valence-electron chi connectivity index (χ4n) is 3.20. The second kappa shape index (κ2) is 9.21. The number of esters is 1. The number of sulfonamides is 1. The zero-order valence-electron chi connectivity index (χ0n) is 16.0. The minimum Gasteiger partial charge on any atom is -0.462 e. The van der Waals surface area contributed by atoms with Crippen molar-refractivity contribution >= 4 is 49.7 Å². The maximum absolute atomic E-state index is 12.5. The van der Waals surface area contributed by atoms with Crippen molar-refractivity contribution < 1.29 is 17.9 Å². The number of hydrogen-bond acceptors (Lipinski definition) is 6. The van der Waals surface area contributed by atoms with E-state index in [1.54, 1.807) is 30.4 Å². The van der Waals surface area contributed by atoms with Gasteiger partial charge in [0, 0.05) is 11.4 Å². The molecule has 156 valence electrons. The van der Waals surface area contributed by atoms with Crippen LogP contribution in [0.15, 0.2) is 29.2 Å². The van der Waals surface area contributed by atoms with E-state index in [0.717, 1.165) is 36.8 Å². The van der Waals surface area contributed by atoms with Crippen LogP contribution in [-0.4, -0.2) is 26.1 Å². The molecule has 1 aliphatic carbocycles. The fraction of sp³-hybridized carbons (Fsp3) is 0.368. The van der Waals surface area contributed by atoms with E-state index >= 15 is 0 Å². The predicted octanol–water partition coefficient (Wildman–Crippen LogP) is 2.94. The zero-order chi connectivity index (χ0) is 21.0. The van der Waals surface area contributed by atoms with Gasteiger partial charge >= 0.3 is 5.97 Å². The van der Waals surface area contributed by atoms with E-state index < -0.39 is 10.0 Å². The van der Waals surface area contributed by atoms with Crippen molar-refractivity contribution in [3.8, 4) is 0 Å². The van der Waals surface area contributed by atoms with Crippen LogP contribution in [0.4, 0.5) is 5.00 Å². The molecule has 4 N–H and O–H groups in total. The number of hydrogen-bond donors (Lipinski definition) is 3. The van der Waals surface area contributed by atoms with Gasteiger partial charge in [0.15, 0.2) is 5.11 Å². The number of carbonyl (C=O) groups is 1. The van der Waals surface area contributed by atoms with Gasteiger partial charge in [-0.25, -0.2) is 18.4 Å². The first kappa shape index (κ1) is 21.7. The third-order valence-corrected chi connectivity index (χ3v) is 6.97. The lowest BCUT2D eigenvalue weighted by molar-refractivity contribution is 0.0526. The molecule has 0 radical (unpaired) electrons. The van der Waals surface area contributed by atoms with Crippen LogP contribution in [0, 0.1) is 0 Å². The van der Waals surface area contributed by atoms with Crippen LogP contribution in [0.2, 0.25) is 0 Å². The minimum absolute atomic E-state index is 0.0604. The minimum atomic E-state index is -3.71. The van der Waals surface area contributed by atoms with Gasteiger partial charge in [-0.3, -0.25) is 0 Å². The number of nitrogens with two attached hydrogens (primary N) is 1. The maximum atomic E-state index is 12.5. The van der Waals surface area contributed by atoms with Crippen molar-refractivity contribution in [2.24, 2.45) is 5.14 Å². The summed E-state index contributed by atoms with van der Waals surface area (Å²) in [5.74, 6) is -0.323. The van der Waals surface area contributed by atoms with Gasteiger partial charge in [0.1, 0.15) is 5.00 Å². The van der Waals surface area contributed by atoms with Crippen LogP contribution in [0.25, 0.3) is 0 Å². The molecule has 0 spiro atoms. The summed E-state index contributed by atoms with van der Waals surface area (Å²) >= 11 is 6.94. The van der Waals surface area contributed by atoms with Crippen molar-refractivity contribution in [3.05, 3.63) is 45.8 Å². The summed E-state index contributed by atoms with van der Waals surface area (Å²) in [6.07, 6.45) is 4.02. The Morgan fingerprint density at radius 3 is 2.59 bits per heavy atom. The van der Waals surface area contributed by atoms with Crippen molar-refractivity contribution in [2.45, 2.75) is 44.0 Å². The Kier molecular flexibility index (Phi) is 6.89. The number of benzene rings is 1. The molecule has 0 unspecified atom stereocenters. The summed E-state index contributed by atoms with van der Waals surface area (Å²) in [7, 11) is -3.71. The largest absolute Gasteiger partial charge is 0.462 e. The van der Waals surface area contributed by atoms with E-state index in [1.807, 2.05) is 0 Å². The predicted molar refractivity (Wildman–Crippen MR) is 118 cm³/mol. The number of ether oxygens (including phenoxy) is 1. The highest BCUT2D eigenvalue weighted by Crippen LogP contribution is 2.38. The van der Waals surface area contributed by atoms with Gasteiger partial charge in [0.05, 0.1) is 17.1 Å². The number of rotatable bonds is 6. The lowest BCUT2D eigenvalue weighted by atomic mass is 9.95. The second-order valence-corrected chi connectivity index (χ2v) is 9.71. The molecule has 10 heteroatoms. The Bertz CT molecular complexity index is 1010. The SMILES string of the molecule is CCOC(=O)c1c(NC(=S)NCc2ccc(S(N)(=O)=O)cc2)sc2c1CCCC2. The molecule has 0 bridgehead atoms. The lowest BCUT2D eigenvalue weighted by Crippen LogP contribution is -2.28. The molecule has 1 aromatic heterocycles. The highest BCUT2D eigenvalue weighted by molar-refractivity contribution is 7.89. The van der Waals surface area contributed by atoms with Crippen LogP contribution in [-0.2, 0) is 34.1 Å². The maximum Gasteiger partial charge on any atom is 0.341 e. The number of anilines is 1. The fourth-order valence-corrected chi connectivity index (χ4v) is 5.24. The smallest absolute Gasteiger partial charge is 0.341 e. The molecule has 1 aliphatic rings. The van der Waals surface area contributed by atoms with E-state index in [-0.39, 0.29) is 10.9 Å². The molecule has 1 heterocycles. The number of fused-ring (bicyclic) bond motifs is 1. The zero-order valence-corrected chi connectivity index (χ0v) is 18.4. The molecule has 0 saturated carbocycles. The molecular weight excluding hydrogens is 430 g/mol. The molecule has 0 atom stereocenters. The van der Waals surface area contributed by atoms with Crippen LogP contribution < -0.4 is 15.8 Å². The van der Waals surface area contributed by atoms with E-state index in [1.165, 1.54) is 17.0 Å². The molecule has 29 heavy (non-hydrogen) atoms. The molecule has 0 aliphatic heterocycles. The van der Waals surface area contributed by atoms with Crippen LogP contribution in [0.5, 0.6) is 0 Å². The Balaban J connectivity index is 1.69. The van der Waals surface area contributed by atoms with E-state index in [2.05, 4.69) is 10.6 Å². The van der Waals surface area contributed by atoms with E-state index in [0.29, 0.717) is 28.8 Å². The Labute approximate surface area is 179 Å². The van der Waals surface area contributed by atoms with Crippen LogP contribution >= 0.6 is 23.6 Å². The van der Waals surface area contributed by atoms with E-state index in [4.69, 9.17) is 22.1 Å². The summed E-state index contributed by atoms with van der Waals surface area (Å²) in [6, 6.07) is 6.25. The standard InChI is InChI=1S/C19H23N3O4S3/c1-2-26-18(23)16-14-5-3-4-6-15(14)28-17(16)22-19(27)21-11-12-7-9-13(10-8-12)29(20,24)25/h7-10H,2-6,11H2,1H3,(H2,20,24,25)(H2,21,22,27). The topological polar surface area (TPSA) is 111 Å². The van der Waals surface area contributed by atoms with Gasteiger partial charge in [-0.05, 0) is 68.1 Å². The molecule has 7 nitrogen and oxygen atoms in total. The van der Waals surface area contributed by atoms with E-state index in [9.17, 15) is 13.2 Å². The summed E-state index contributed by atoms with van der Waals surface area (Å²) in [5.41, 5.74) is 2.51. The van der Waals surface area contributed by atoms with Gasteiger partial charge in [-0.1, -0.05) is 12.1 Å². The first-order valence-corrected chi connectivity index (χ1v) is 12.0. The molecule has 0 saturated heterocycles. The number of nitrogens with one attached hydrogen (secondary N) is 2. The highest BCUT2D eigenvalue weighted by atomic mass is 32.2. The molecule has 3 rings (SSSR count). The second-order valence-electron chi connectivity index (χ2n) is 6.63. The molecule has 0 amide bonds. The lowest BCUT2D eigenvalue weighted by Gasteiger charge is -2.13. The van der Waals surface area contributed by atoms with Gasteiger partial charge in [0.2, 0.25) is 10.0 Å². The summed E-state index contributed by atoms with van der Waals surface area (Å²) in [4.78, 5) is 13.8. The average molecular weight is 454 g/mol. The first-order valence-electron chi connectivity index (χ1n) is 9.28. The molecule has 1 aromatic carbocycles. The number of thiocarbonyl (C=S) groups is 1. The van der Waals surface area contributed by atoms with Gasteiger partial charge in [-0.2, -0.15) is 0 Å². The molecular formula is C19H23N3O4S3. The molecule has 2 aromatic rings. The average Bonchev–Trinajstić information content (AvgIpc) is 3.04. The van der Waals surface area contributed by atoms with Crippen molar-refractivity contribution in [1.29, 1.82) is 0 Å². The van der Waals surface area contributed by atoms with Crippen molar-refractivity contribution in [3.63, 3.8) is 0 Å². The summed E-state index contributed by atoms with van der Waals surface area (Å²) in [6.45, 7) is 2.51. The van der Waals surface area contributed by atoms with Gasteiger partial charge in [-0.15, -0.1) is 11.3 Å². The Hall–Kier alpha value is -2.01.